The average molecular weight is 337 g/mol. The summed E-state index contributed by atoms with van der Waals surface area (Å²) in [5.74, 6) is 0.823. The first kappa shape index (κ1) is 16.3. The van der Waals surface area contributed by atoms with E-state index in [1.54, 1.807) is 18.4 Å². The van der Waals surface area contributed by atoms with E-state index in [1.807, 2.05) is 53.9 Å². The average Bonchev–Trinajstić information content (AvgIpc) is 3.09. The first-order valence-corrected chi connectivity index (χ1v) is 8.65. The van der Waals surface area contributed by atoms with Crippen LogP contribution in [0.25, 0.3) is 0 Å². The minimum absolute atomic E-state index is 0.00622. The van der Waals surface area contributed by atoms with E-state index >= 15 is 0 Å². The summed E-state index contributed by atoms with van der Waals surface area (Å²) in [5, 5.41) is 4.95. The molecule has 1 amide bonds. The highest BCUT2D eigenvalue weighted by Crippen LogP contribution is 2.25. The third-order valence-electron chi connectivity index (χ3n) is 3.72. The fourth-order valence-corrected chi connectivity index (χ4v) is 3.29. The molecule has 0 radical (unpaired) electrons. The number of nitrogens with one attached hydrogen (secondary N) is 1. The van der Waals surface area contributed by atoms with Crippen molar-refractivity contribution in [2.45, 2.75) is 12.8 Å². The van der Waals surface area contributed by atoms with Crippen molar-refractivity contribution >= 4 is 22.9 Å². The Labute approximate surface area is 145 Å². The third-order valence-corrected chi connectivity index (χ3v) is 4.59. The van der Waals surface area contributed by atoms with Crippen LogP contribution in [-0.4, -0.2) is 13.0 Å². The maximum atomic E-state index is 12.2. The summed E-state index contributed by atoms with van der Waals surface area (Å²) in [6.45, 7) is 0. The van der Waals surface area contributed by atoms with Gasteiger partial charge in [0.1, 0.15) is 5.75 Å². The normalized spacial score (nSPS) is 10.4. The molecule has 3 rings (SSSR count). The second kappa shape index (κ2) is 7.79. The number of amides is 1. The van der Waals surface area contributed by atoms with Crippen LogP contribution in [0.15, 0.2) is 66.0 Å². The number of ether oxygens (including phenoxy) is 1. The molecular weight excluding hydrogens is 318 g/mol. The van der Waals surface area contributed by atoms with E-state index in [0.29, 0.717) is 6.42 Å². The van der Waals surface area contributed by atoms with Crippen molar-refractivity contribution in [1.29, 1.82) is 0 Å². The topological polar surface area (TPSA) is 38.3 Å². The number of anilines is 1. The van der Waals surface area contributed by atoms with Crippen LogP contribution in [0.1, 0.15) is 16.0 Å². The molecule has 122 valence electrons. The maximum absolute atomic E-state index is 12.2. The number of hydrogen-bond donors (Lipinski definition) is 1. The van der Waals surface area contributed by atoms with Crippen molar-refractivity contribution in [3.63, 3.8) is 0 Å². The van der Waals surface area contributed by atoms with Crippen molar-refractivity contribution < 1.29 is 9.53 Å². The van der Waals surface area contributed by atoms with Gasteiger partial charge in [-0.1, -0.05) is 36.4 Å². The molecule has 24 heavy (non-hydrogen) atoms. The summed E-state index contributed by atoms with van der Waals surface area (Å²) in [7, 11) is 1.67. The number of thiophene rings is 1. The van der Waals surface area contributed by atoms with Gasteiger partial charge in [-0.15, -0.1) is 11.3 Å². The number of rotatable bonds is 6. The lowest BCUT2D eigenvalue weighted by Gasteiger charge is -2.12. The summed E-state index contributed by atoms with van der Waals surface area (Å²) >= 11 is 1.59. The number of carbonyl (C=O) groups is 1. The predicted octanol–water partition coefficient (Wildman–Crippen LogP) is 4.53. The number of hydrogen-bond acceptors (Lipinski definition) is 3. The van der Waals surface area contributed by atoms with Gasteiger partial charge in [-0.25, -0.2) is 0 Å². The molecule has 3 nitrogen and oxygen atoms in total. The van der Waals surface area contributed by atoms with Gasteiger partial charge in [-0.2, -0.15) is 0 Å². The summed E-state index contributed by atoms with van der Waals surface area (Å²) in [6.07, 6.45) is 1.16. The molecule has 1 heterocycles. The van der Waals surface area contributed by atoms with Crippen LogP contribution in [0.3, 0.4) is 0 Å². The van der Waals surface area contributed by atoms with Crippen LogP contribution < -0.4 is 10.1 Å². The molecule has 4 heteroatoms. The SMILES string of the molecule is COc1ccc(NC(=O)Cc2cccs2)cc1Cc1ccccc1. The second-order valence-electron chi connectivity index (χ2n) is 5.49. The van der Waals surface area contributed by atoms with Gasteiger partial charge in [0, 0.05) is 22.5 Å². The van der Waals surface area contributed by atoms with E-state index in [0.717, 1.165) is 28.3 Å². The molecule has 0 bridgehead atoms. The number of methoxy groups -OCH3 is 1. The Hall–Kier alpha value is -2.59. The lowest BCUT2D eigenvalue weighted by Crippen LogP contribution is -2.14. The predicted molar refractivity (Wildman–Crippen MR) is 98.9 cm³/mol. The van der Waals surface area contributed by atoms with Gasteiger partial charge < -0.3 is 10.1 Å². The molecule has 2 aromatic carbocycles. The third kappa shape index (κ3) is 4.24. The van der Waals surface area contributed by atoms with Crippen LogP contribution in [0, 0.1) is 0 Å². The van der Waals surface area contributed by atoms with Crippen molar-refractivity contribution in [3.05, 3.63) is 82.0 Å². The number of carbonyl (C=O) groups excluding carboxylic acids is 1. The standard InChI is InChI=1S/C20H19NO2S/c1-23-19-10-9-17(21-20(22)14-18-8-5-11-24-18)13-16(19)12-15-6-3-2-4-7-15/h2-11,13H,12,14H2,1H3,(H,21,22). The largest absolute Gasteiger partial charge is 0.496 e. The van der Waals surface area contributed by atoms with E-state index in [-0.39, 0.29) is 5.91 Å². The minimum atomic E-state index is -0.00622. The van der Waals surface area contributed by atoms with E-state index in [4.69, 9.17) is 4.74 Å². The molecule has 1 aromatic heterocycles. The van der Waals surface area contributed by atoms with E-state index in [1.165, 1.54) is 5.56 Å². The molecule has 0 fully saturated rings. The summed E-state index contributed by atoms with van der Waals surface area (Å²) in [5.41, 5.74) is 3.05. The molecule has 0 atom stereocenters. The van der Waals surface area contributed by atoms with Gasteiger partial charge in [0.25, 0.3) is 0 Å². The zero-order valence-corrected chi connectivity index (χ0v) is 14.3. The van der Waals surface area contributed by atoms with E-state index < -0.39 is 0 Å². The van der Waals surface area contributed by atoms with Crippen LogP contribution in [0.4, 0.5) is 5.69 Å². The molecule has 0 unspecified atom stereocenters. The fraction of sp³-hybridized carbons (Fsp3) is 0.150. The Morgan fingerprint density at radius 3 is 2.62 bits per heavy atom. The smallest absolute Gasteiger partial charge is 0.229 e. The monoisotopic (exact) mass is 337 g/mol. The van der Waals surface area contributed by atoms with Crippen LogP contribution >= 0.6 is 11.3 Å². The van der Waals surface area contributed by atoms with Gasteiger partial charge in [-0.3, -0.25) is 4.79 Å². The van der Waals surface area contributed by atoms with Gasteiger partial charge in [-0.05, 0) is 35.2 Å². The molecule has 0 aliphatic heterocycles. The molecule has 0 aliphatic carbocycles. The fourth-order valence-electron chi connectivity index (χ4n) is 2.59. The first-order chi connectivity index (χ1) is 11.7. The van der Waals surface area contributed by atoms with Gasteiger partial charge in [0.05, 0.1) is 13.5 Å². The minimum Gasteiger partial charge on any atom is -0.496 e. The molecule has 0 aliphatic rings. The number of benzene rings is 2. The van der Waals surface area contributed by atoms with Gasteiger partial charge in [0.2, 0.25) is 5.91 Å². The van der Waals surface area contributed by atoms with Crippen molar-refractivity contribution in [2.75, 3.05) is 12.4 Å². The highest BCUT2D eigenvalue weighted by atomic mass is 32.1. The van der Waals surface area contributed by atoms with E-state index in [9.17, 15) is 4.79 Å². The Morgan fingerprint density at radius 1 is 1.08 bits per heavy atom. The lowest BCUT2D eigenvalue weighted by molar-refractivity contribution is -0.115. The van der Waals surface area contributed by atoms with Crippen molar-refractivity contribution in [3.8, 4) is 5.75 Å². The molecular formula is C20H19NO2S. The Morgan fingerprint density at radius 2 is 1.92 bits per heavy atom. The van der Waals surface area contributed by atoms with Crippen molar-refractivity contribution in [2.24, 2.45) is 0 Å². The Bertz CT molecular complexity index is 798. The zero-order chi connectivity index (χ0) is 16.8. The molecule has 1 N–H and O–H groups in total. The molecule has 3 aromatic rings. The van der Waals surface area contributed by atoms with Gasteiger partial charge in [0.15, 0.2) is 0 Å². The summed E-state index contributed by atoms with van der Waals surface area (Å²) < 4.78 is 5.45. The summed E-state index contributed by atoms with van der Waals surface area (Å²) in [6, 6.07) is 19.9. The Kier molecular flexibility index (Phi) is 5.29. The van der Waals surface area contributed by atoms with Crippen LogP contribution in [-0.2, 0) is 17.6 Å². The lowest BCUT2D eigenvalue weighted by atomic mass is 10.0. The summed E-state index contributed by atoms with van der Waals surface area (Å²) in [4.78, 5) is 13.2. The first-order valence-electron chi connectivity index (χ1n) is 7.77. The molecule has 0 saturated carbocycles. The second-order valence-corrected chi connectivity index (χ2v) is 6.53. The quantitative estimate of drug-likeness (QED) is 0.718. The van der Waals surface area contributed by atoms with Crippen molar-refractivity contribution in [1.82, 2.24) is 0 Å². The van der Waals surface area contributed by atoms with E-state index in [2.05, 4.69) is 17.4 Å². The van der Waals surface area contributed by atoms with Crippen LogP contribution in [0.2, 0.25) is 0 Å². The Balaban J connectivity index is 1.74. The zero-order valence-electron chi connectivity index (χ0n) is 13.5. The van der Waals surface area contributed by atoms with Gasteiger partial charge >= 0.3 is 0 Å². The highest BCUT2D eigenvalue weighted by Gasteiger charge is 2.09. The van der Waals surface area contributed by atoms with Crippen LogP contribution in [0.5, 0.6) is 5.75 Å². The molecule has 0 spiro atoms. The molecule has 0 saturated heterocycles. The highest BCUT2D eigenvalue weighted by molar-refractivity contribution is 7.10. The maximum Gasteiger partial charge on any atom is 0.229 e.